The number of piperidine rings is 1. The molecule has 1 amide bonds. The highest BCUT2D eigenvalue weighted by Gasteiger charge is 2.27. The Morgan fingerprint density at radius 2 is 1.97 bits per heavy atom. The molecule has 5 nitrogen and oxygen atoms in total. The number of benzene rings is 2. The van der Waals surface area contributed by atoms with Crippen molar-refractivity contribution in [1.29, 1.82) is 0 Å². The summed E-state index contributed by atoms with van der Waals surface area (Å²) in [6.07, 6.45) is 1.24. The van der Waals surface area contributed by atoms with Gasteiger partial charge in [-0.05, 0) is 37.1 Å². The number of halogens is 3. The molecule has 1 fully saturated rings. The van der Waals surface area contributed by atoms with Gasteiger partial charge in [-0.25, -0.2) is 9.37 Å². The smallest absolute Gasteiger partial charge is 0.387 e. The topological polar surface area (TPSA) is 54.5 Å². The zero-order valence-corrected chi connectivity index (χ0v) is 16.1. The molecule has 1 aliphatic rings. The van der Waals surface area contributed by atoms with Crippen LogP contribution < -0.4 is 15.0 Å². The second-order valence-corrected chi connectivity index (χ2v) is 7.75. The molecule has 1 aliphatic heterocycles. The van der Waals surface area contributed by atoms with Crippen molar-refractivity contribution in [1.82, 2.24) is 4.98 Å². The van der Waals surface area contributed by atoms with E-state index in [0.29, 0.717) is 37.1 Å². The van der Waals surface area contributed by atoms with E-state index in [4.69, 9.17) is 0 Å². The molecule has 0 radical (unpaired) electrons. The fraction of sp³-hybridized carbons (Fsp3) is 0.300. The highest BCUT2D eigenvalue weighted by Crippen LogP contribution is 2.33. The first kappa shape index (κ1) is 19.5. The molecule has 1 N–H and O–H groups in total. The molecule has 0 saturated carbocycles. The van der Waals surface area contributed by atoms with Gasteiger partial charge in [-0.15, -0.1) is 0 Å². The number of ether oxygens (including phenoxy) is 1. The van der Waals surface area contributed by atoms with Gasteiger partial charge in [-0.3, -0.25) is 4.79 Å². The molecule has 0 aliphatic carbocycles. The maximum absolute atomic E-state index is 13.9. The average Bonchev–Trinajstić information content (AvgIpc) is 3.14. The SMILES string of the molecule is O=C(Nc1cccc(OC(F)F)c1)C1CCN(c2nc3c(F)cccc3s2)CC1. The summed E-state index contributed by atoms with van der Waals surface area (Å²) in [5, 5.41) is 3.51. The van der Waals surface area contributed by atoms with Crippen LogP contribution in [0, 0.1) is 11.7 Å². The number of aromatic nitrogens is 1. The van der Waals surface area contributed by atoms with E-state index >= 15 is 0 Å². The maximum Gasteiger partial charge on any atom is 0.387 e. The van der Waals surface area contributed by atoms with Crippen molar-refractivity contribution in [3.05, 3.63) is 48.3 Å². The Bertz CT molecular complexity index is 1020. The maximum atomic E-state index is 13.9. The van der Waals surface area contributed by atoms with Gasteiger partial charge in [0.2, 0.25) is 5.91 Å². The first-order chi connectivity index (χ1) is 14.0. The second kappa shape index (κ2) is 8.28. The molecule has 9 heteroatoms. The van der Waals surface area contributed by atoms with Gasteiger partial charge in [0.1, 0.15) is 17.1 Å². The van der Waals surface area contributed by atoms with Crippen molar-refractivity contribution in [3.8, 4) is 5.75 Å². The van der Waals surface area contributed by atoms with Crippen LogP contribution in [0.3, 0.4) is 0 Å². The Balaban J connectivity index is 1.36. The Kier molecular flexibility index (Phi) is 5.57. The number of nitrogens with one attached hydrogen (secondary N) is 1. The molecule has 1 saturated heterocycles. The molecule has 0 atom stereocenters. The lowest BCUT2D eigenvalue weighted by Gasteiger charge is -2.31. The van der Waals surface area contributed by atoms with Gasteiger partial charge < -0.3 is 15.0 Å². The number of para-hydroxylation sites is 1. The number of fused-ring (bicyclic) bond motifs is 1. The van der Waals surface area contributed by atoms with Crippen molar-refractivity contribution in [2.45, 2.75) is 19.5 Å². The summed E-state index contributed by atoms with van der Waals surface area (Å²) in [6, 6.07) is 10.8. The molecule has 152 valence electrons. The van der Waals surface area contributed by atoms with E-state index in [1.807, 2.05) is 6.07 Å². The molecule has 2 aromatic carbocycles. The van der Waals surface area contributed by atoms with E-state index in [1.165, 1.54) is 29.5 Å². The number of rotatable bonds is 5. The Morgan fingerprint density at radius 3 is 2.69 bits per heavy atom. The van der Waals surface area contributed by atoms with Crippen molar-refractivity contribution < 1.29 is 22.7 Å². The number of carbonyl (C=O) groups excluding carboxylic acids is 1. The minimum absolute atomic E-state index is 0.00399. The van der Waals surface area contributed by atoms with E-state index < -0.39 is 6.61 Å². The van der Waals surface area contributed by atoms with Crippen LogP contribution in [0.4, 0.5) is 24.0 Å². The van der Waals surface area contributed by atoms with Gasteiger partial charge in [0.05, 0.1) is 4.70 Å². The van der Waals surface area contributed by atoms with Gasteiger partial charge in [0.25, 0.3) is 0 Å². The van der Waals surface area contributed by atoms with Gasteiger partial charge in [0, 0.05) is 30.8 Å². The molecular formula is C20H18F3N3O2S. The van der Waals surface area contributed by atoms with Crippen LogP contribution in [0.15, 0.2) is 42.5 Å². The quantitative estimate of drug-likeness (QED) is 0.637. The predicted octanol–water partition coefficient (Wildman–Crippen LogP) is 4.89. The van der Waals surface area contributed by atoms with Crippen molar-refractivity contribution >= 4 is 38.3 Å². The molecule has 0 bridgehead atoms. The van der Waals surface area contributed by atoms with Crippen LogP contribution >= 0.6 is 11.3 Å². The van der Waals surface area contributed by atoms with Crippen molar-refractivity contribution in [3.63, 3.8) is 0 Å². The van der Waals surface area contributed by atoms with Gasteiger partial charge in [-0.1, -0.05) is 23.5 Å². The van der Waals surface area contributed by atoms with Crippen LogP contribution in [0.25, 0.3) is 10.2 Å². The normalized spacial score (nSPS) is 15.1. The lowest BCUT2D eigenvalue weighted by molar-refractivity contribution is -0.120. The summed E-state index contributed by atoms with van der Waals surface area (Å²) < 4.78 is 43.7. The first-order valence-corrected chi connectivity index (χ1v) is 9.97. The summed E-state index contributed by atoms with van der Waals surface area (Å²) in [6.45, 7) is -1.65. The fourth-order valence-corrected chi connectivity index (χ4v) is 4.40. The van der Waals surface area contributed by atoms with E-state index in [2.05, 4.69) is 19.9 Å². The number of hydrogen-bond acceptors (Lipinski definition) is 5. The Labute approximate surface area is 169 Å². The van der Waals surface area contributed by atoms with Crippen LogP contribution in [-0.2, 0) is 4.79 Å². The largest absolute Gasteiger partial charge is 0.435 e. The number of nitrogens with zero attached hydrogens (tertiary/aromatic N) is 2. The molecule has 3 aromatic rings. The van der Waals surface area contributed by atoms with Gasteiger partial charge in [-0.2, -0.15) is 8.78 Å². The molecule has 0 spiro atoms. The summed E-state index contributed by atoms with van der Waals surface area (Å²) in [7, 11) is 0. The van der Waals surface area contributed by atoms with Gasteiger partial charge >= 0.3 is 6.61 Å². The zero-order chi connectivity index (χ0) is 20.4. The van der Waals surface area contributed by atoms with Crippen LogP contribution in [0.1, 0.15) is 12.8 Å². The fourth-order valence-electron chi connectivity index (χ4n) is 3.37. The highest BCUT2D eigenvalue weighted by molar-refractivity contribution is 7.22. The summed E-state index contributed by atoms with van der Waals surface area (Å²) >= 11 is 1.44. The third-order valence-corrected chi connectivity index (χ3v) is 5.90. The third kappa shape index (κ3) is 4.45. The monoisotopic (exact) mass is 421 g/mol. The number of thiazole rings is 1. The zero-order valence-electron chi connectivity index (χ0n) is 15.3. The van der Waals surface area contributed by atoms with Gasteiger partial charge in [0.15, 0.2) is 5.13 Å². The molecule has 2 heterocycles. The number of anilines is 2. The molecule has 4 rings (SSSR count). The lowest BCUT2D eigenvalue weighted by Crippen LogP contribution is -2.38. The molecule has 29 heavy (non-hydrogen) atoms. The van der Waals surface area contributed by atoms with E-state index in [-0.39, 0.29) is 23.4 Å². The number of hydrogen-bond donors (Lipinski definition) is 1. The van der Waals surface area contributed by atoms with E-state index in [9.17, 15) is 18.0 Å². The standard InChI is InChI=1S/C20H18F3N3O2S/c21-15-5-2-6-16-17(15)25-20(29-16)26-9-7-12(8-10-26)18(27)24-13-3-1-4-14(11-13)28-19(22)23/h1-6,11-12,19H,7-10H2,(H,24,27). The summed E-state index contributed by atoms with van der Waals surface area (Å²) in [5.41, 5.74) is 0.787. The number of amides is 1. The van der Waals surface area contributed by atoms with E-state index in [0.717, 1.165) is 9.83 Å². The Morgan fingerprint density at radius 1 is 1.21 bits per heavy atom. The lowest BCUT2D eigenvalue weighted by atomic mass is 9.96. The molecule has 0 unspecified atom stereocenters. The van der Waals surface area contributed by atoms with E-state index in [1.54, 1.807) is 18.2 Å². The minimum Gasteiger partial charge on any atom is -0.435 e. The second-order valence-electron chi connectivity index (χ2n) is 6.74. The predicted molar refractivity (Wildman–Crippen MR) is 106 cm³/mol. The van der Waals surface area contributed by atoms with Crippen LogP contribution in [-0.4, -0.2) is 30.6 Å². The number of alkyl halides is 2. The third-order valence-electron chi connectivity index (χ3n) is 4.82. The molecular weight excluding hydrogens is 403 g/mol. The minimum atomic E-state index is -2.92. The Hall–Kier alpha value is -2.81. The summed E-state index contributed by atoms with van der Waals surface area (Å²) in [5.74, 6) is -0.695. The number of carbonyl (C=O) groups is 1. The van der Waals surface area contributed by atoms with Crippen LogP contribution in [0.2, 0.25) is 0 Å². The van der Waals surface area contributed by atoms with Crippen molar-refractivity contribution in [2.75, 3.05) is 23.3 Å². The average molecular weight is 421 g/mol. The van der Waals surface area contributed by atoms with Crippen LogP contribution in [0.5, 0.6) is 5.75 Å². The first-order valence-electron chi connectivity index (χ1n) is 9.15. The van der Waals surface area contributed by atoms with Crippen molar-refractivity contribution in [2.24, 2.45) is 5.92 Å². The highest BCUT2D eigenvalue weighted by atomic mass is 32.1. The summed E-state index contributed by atoms with van der Waals surface area (Å²) in [4.78, 5) is 19.0. The molecule has 1 aromatic heterocycles.